The van der Waals surface area contributed by atoms with E-state index < -0.39 is 5.97 Å². The number of oxime groups is 1. The predicted molar refractivity (Wildman–Crippen MR) is 39.9 cm³/mol. The summed E-state index contributed by atoms with van der Waals surface area (Å²) in [6.45, 7) is 1.59. The van der Waals surface area contributed by atoms with E-state index in [1.165, 1.54) is 14.2 Å². The van der Waals surface area contributed by atoms with Crippen LogP contribution >= 0.6 is 0 Å². The van der Waals surface area contributed by atoms with Gasteiger partial charge in [0.05, 0.1) is 7.11 Å². The lowest BCUT2D eigenvalue weighted by molar-refractivity contribution is -0.132. The lowest BCUT2D eigenvalue weighted by atomic mass is 10.4. The molecule has 0 saturated carbocycles. The van der Waals surface area contributed by atoms with Crippen LogP contribution in [-0.4, -0.2) is 25.9 Å². The first-order chi connectivity index (χ1) is 5.26. The molecule has 0 amide bonds. The minimum atomic E-state index is -0.596. The van der Waals surface area contributed by atoms with E-state index in [-0.39, 0.29) is 5.71 Å². The molecule has 4 nitrogen and oxygen atoms in total. The van der Waals surface area contributed by atoms with Gasteiger partial charge in [0.1, 0.15) is 7.11 Å². The largest absolute Gasteiger partial charge is 0.464 e. The van der Waals surface area contributed by atoms with Gasteiger partial charge >= 0.3 is 5.97 Å². The zero-order valence-corrected chi connectivity index (χ0v) is 6.67. The third-order valence-electron chi connectivity index (χ3n) is 0.805. The van der Waals surface area contributed by atoms with Crippen molar-refractivity contribution in [2.45, 2.75) is 6.92 Å². The van der Waals surface area contributed by atoms with Crippen LogP contribution in [0.25, 0.3) is 0 Å². The molecule has 0 aliphatic rings. The third kappa shape index (κ3) is 3.26. The highest BCUT2D eigenvalue weighted by Crippen LogP contribution is 1.82. The average molecular weight is 155 g/mol. The van der Waals surface area contributed by atoms with Gasteiger partial charge in [-0.2, -0.15) is 0 Å². The second kappa shape index (κ2) is 5.30. The van der Waals surface area contributed by atoms with Crippen LogP contribution in [0.2, 0.25) is 0 Å². The Kier molecular flexibility index (Phi) is 4.58. The molecule has 0 atom stereocenters. The Morgan fingerprint density at radius 2 is 2.09 bits per heavy atom. The second-order valence-electron chi connectivity index (χ2n) is 1.49. The van der Waals surface area contributed by atoms with Gasteiger partial charge in [-0.05, 0) is 12.8 Å². The molecule has 11 heavy (non-hydrogen) atoms. The van der Waals surface area contributed by atoms with Crippen LogP contribution in [0.3, 0.4) is 0 Å². The quantitative estimate of drug-likeness (QED) is 0.247. The molecule has 0 aromatic carbocycles. The Morgan fingerprint density at radius 1 is 1.45 bits per heavy atom. The zero-order chi connectivity index (χ0) is 8.69. The Morgan fingerprint density at radius 3 is 2.45 bits per heavy atom. The van der Waals surface area contributed by atoms with Gasteiger partial charge in [0.25, 0.3) is 0 Å². The van der Waals surface area contributed by atoms with Crippen molar-refractivity contribution < 1.29 is 14.4 Å². The molecule has 0 aliphatic heterocycles. The van der Waals surface area contributed by atoms with Crippen LogP contribution in [0.5, 0.6) is 0 Å². The number of methoxy groups -OCH3 is 1. The van der Waals surface area contributed by atoms with E-state index in [1.807, 2.05) is 0 Å². The number of hydrogen-bond acceptors (Lipinski definition) is 4. The lowest BCUT2D eigenvalue weighted by Crippen LogP contribution is -2.13. The topological polar surface area (TPSA) is 47.9 Å². The van der Waals surface area contributed by atoms with Crippen molar-refractivity contribution in [2.24, 2.45) is 5.16 Å². The van der Waals surface area contributed by atoms with E-state index in [0.717, 1.165) is 0 Å². The summed E-state index contributed by atoms with van der Waals surface area (Å²) in [6.07, 6.45) is 0. The van der Waals surface area contributed by atoms with Crippen LogP contribution in [0, 0.1) is 11.8 Å². The number of hydrogen-bond donors (Lipinski definition) is 0. The smallest absolute Gasteiger partial charge is 0.368 e. The molecule has 0 radical (unpaired) electrons. The van der Waals surface area contributed by atoms with Crippen molar-refractivity contribution >= 4 is 11.7 Å². The monoisotopic (exact) mass is 155 g/mol. The van der Waals surface area contributed by atoms with Crippen LogP contribution in [0.15, 0.2) is 5.16 Å². The summed E-state index contributed by atoms with van der Waals surface area (Å²) in [4.78, 5) is 15.1. The molecular formula is C7H9NO3. The fraction of sp³-hybridized carbons (Fsp3) is 0.429. The first kappa shape index (κ1) is 9.50. The Labute approximate surface area is 65.2 Å². The van der Waals surface area contributed by atoms with Gasteiger partial charge < -0.3 is 9.57 Å². The van der Waals surface area contributed by atoms with Crippen LogP contribution in [0.4, 0.5) is 0 Å². The van der Waals surface area contributed by atoms with E-state index in [1.54, 1.807) is 6.92 Å². The fourth-order valence-corrected chi connectivity index (χ4v) is 0.417. The Hall–Kier alpha value is -1.50. The van der Waals surface area contributed by atoms with Crippen molar-refractivity contribution in [2.75, 3.05) is 14.2 Å². The minimum Gasteiger partial charge on any atom is -0.464 e. The van der Waals surface area contributed by atoms with Crippen molar-refractivity contribution in [3.8, 4) is 11.8 Å². The molecule has 0 aromatic rings. The van der Waals surface area contributed by atoms with Gasteiger partial charge in [0.15, 0.2) is 0 Å². The van der Waals surface area contributed by atoms with Crippen molar-refractivity contribution in [3.05, 3.63) is 0 Å². The molecule has 60 valence electrons. The summed E-state index contributed by atoms with van der Waals surface area (Å²) in [5, 5.41) is 3.35. The maximum atomic E-state index is 10.8. The summed E-state index contributed by atoms with van der Waals surface area (Å²) in [6, 6.07) is 0. The molecule has 0 aromatic heterocycles. The molecular weight excluding hydrogens is 146 g/mol. The van der Waals surface area contributed by atoms with Crippen LogP contribution < -0.4 is 0 Å². The minimum absolute atomic E-state index is 0.0301. The van der Waals surface area contributed by atoms with Crippen LogP contribution in [-0.2, 0) is 14.4 Å². The summed E-state index contributed by atoms with van der Waals surface area (Å²) in [5.74, 6) is 4.34. The molecule has 0 fully saturated rings. The van der Waals surface area contributed by atoms with E-state index in [0.29, 0.717) is 0 Å². The summed E-state index contributed by atoms with van der Waals surface area (Å²) < 4.78 is 4.37. The SMILES string of the molecule is CC#C/C(=N\OC)C(=O)OC. The number of esters is 1. The molecule has 0 saturated heterocycles. The first-order valence-corrected chi connectivity index (χ1v) is 2.88. The average Bonchev–Trinajstić information content (AvgIpc) is 2.03. The normalized spacial score (nSPS) is 9.55. The van der Waals surface area contributed by atoms with Gasteiger partial charge in [0.2, 0.25) is 5.71 Å². The molecule has 0 N–H and O–H groups in total. The zero-order valence-electron chi connectivity index (χ0n) is 6.67. The van der Waals surface area contributed by atoms with Gasteiger partial charge in [-0.15, -0.1) is 0 Å². The van der Waals surface area contributed by atoms with Crippen LogP contribution in [0.1, 0.15) is 6.92 Å². The molecule has 0 rings (SSSR count). The van der Waals surface area contributed by atoms with Crippen molar-refractivity contribution in [1.82, 2.24) is 0 Å². The number of nitrogens with zero attached hydrogens (tertiary/aromatic N) is 1. The van der Waals surface area contributed by atoms with Crippen molar-refractivity contribution in [1.29, 1.82) is 0 Å². The molecule has 0 bridgehead atoms. The van der Waals surface area contributed by atoms with E-state index in [9.17, 15) is 4.79 Å². The maximum absolute atomic E-state index is 10.8. The Balaban J connectivity index is 4.43. The fourth-order valence-electron chi connectivity index (χ4n) is 0.417. The molecule has 0 aliphatic carbocycles. The summed E-state index contributed by atoms with van der Waals surface area (Å²) in [7, 11) is 2.59. The summed E-state index contributed by atoms with van der Waals surface area (Å²) >= 11 is 0. The molecule has 0 heterocycles. The van der Waals surface area contributed by atoms with Crippen molar-refractivity contribution in [3.63, 3.8) is 0 Å². The number of carbonyl (C=O) groups is 1. The highest BCUT2D eigenvalue weighted by atomic mass is 16.6. The highest BCUT2D eigenvalue weighted by Gasteiger charge is 2.08. The van der Waals surface area contributed by atoms with E-state index >= 15 is 0 Å². The molecule has 0 spiro atoms. The number of carbonyl (C=O) groups excluding carboxylic acids is 1. The molecule has 0 unspecified atom stereocenters. The van der Waals surface area contributed by atoms with Gasteiger partial charge in [-0.1, -0.05) is 11.1 Å². The second-order valence-corrected chi connectivity index (χ2v) is 1.49. The highest BCUT2D eigenvalue weighted by molar-refractivity contribution is 6.43. The molecule has 4 heteroatoms. The predicted octanol–water partition coefficient (Wildman–Crippen LogP) is 0.185. The number of ether oxygens (including phenoxy) is 1. The van der Waals surface area contributed by atoms with Gasteiger partial charge in [0, 0.05) is 0 Å². The van der Waals surface area contributed by atoms with E-state index in [2.05, 4.69) is 26.6 Å². The standard InChI is InChI=1S/C7H9NO3/c1-4-5-6(8-11-3)7(9)10-2/h1-3H3/b8-6+. The summed E-state index contributed by atoms with van der Waals surface area (Å²) in [5.41, 5.74) is -0.0301. The lowest BCUT2D eigenvalue weighted by Gasteiger charge is -1.93. The van der Waals surface area contributed by atoms with Gasteiger partial charge in [-0.3, -0.25) is 0 Å². The van der Waals surface area contributed by atoms with E-state index in [4.69, 9.17) is 0 Å². The number of rotatable bonds is 2. The van der Waals surface area contributed by atoms with Gasteiger partial charge in [-0.25, -0.2) is 4.79 Å². The third-order valence-corrected chi connectivity index (χ3v) is 0.805. The first-order valence-electron chi connectivity index (χ1n) is 2.88. The maximum Gasteiger partial charge on any atom is 0.368 e. The Bertz CT molecular complexity index is 222.